The largest absolute Gasteiger partial charge is 0.493 e. The van der Waals surface area contributed by atoms with Crippen molar-refractivity contribution in [2.75, 3.05) is 34.0 Å². The molecule has 3 rings (SSSR count). The maximum atomic E-state index is 14.3. The van der Waals surface area contributed by atoms with Gasteiger partial charge in [-0.15, -0.1) is 0 Å². The van der Waals surface area contributed by atoms with E-state index in [4.69, 9.17) is 50.3 Å². The molecule has 0 spiro atoms. The molecule has 0 radical (unpaired) electrons. The maximum Gasteiger partial charge on any atom is 0.338 e. The van der Waals surface area contributed by atoms with Gasteiger partial charge in [0.05, 0.1) is 54.7 Å². The molecular formula is C46H67N5O14. The summed E-state index contributed by atoms with van der Waals surface area (Å²) in [6.45, 7) is 11.5. The normalized spacial score (nSPS) is 13.7. The minimum absolute atomic E-state index is 0.0274. The fourth-order valence-electron chi connectivity index (χ4n) is 6.83. The lowest BCUT2D eigenvalue weighted by molar-refractivity contribution is -0.497. The number of esters is 1. The van der Waals surface area contributed by atoms with Crippen LogP contribution in [0.25, 0.3) is 0 Å². The van der Waals surface area contributed by atoms with Gasteiger partial charge in [-0.2, -0.15) is 0 Å². The van der Waals surface area contributed by atoms with Crippen LogP contribution < -0.4 is 25.8 Å². The van der Waals surface area contributed by atoms with Crippen LogP contribution in [-0.2, 0) is 48.4 Å². The first-order chi connectivity index (χ1) is 30.7. The highest BCUT2D eigenvalue weighted by molar-refractivity contribution is 5.94. The molecule has 0 aliphatic heterocycles. The first-order valence-corrected chi connectivity index (χ1v) is 21.4. The van der Waals surface area contributed by atoms with Gasteiger partial charge in [0.2, 0.25) is 11.8 Å². The summed E-state index contributed by atoms with van der Waals surface area (Å²) in [7, 11) is 3.19. The molecule has 4 atom stereocenters. The zero-order valence-electron chi connectivity index (χ0n) is 38.5. The molecule has 0 saturated heterocycles. The van der Waals surface area contributed by atoms with Gasteiger partial charge in [-0.1, -0.05) is 58.0 Å². The Hall–Kier alpha value is -5.22. The van der Waals surface area contributed by atoms with Gasteiger partial charge in [0.1, 0.15) is 6.10 Å². The topological polar surface area (TPSA) is 261 Å². The van der Waals surface area contributed by atoms with E-state index in [0.717, 1.165) is 5.56 Å². The Balaban J connectivity index is 2.12. The number of hydrogen-bond acceptors (Lipinski definition) is 16. The van der Waals surface area contributed by atoms with E-state index in [1.807, 2.05) is 32.0 Å². The molecule has 0 fully saturated rings. The Labute approximate surface area is 380 Å². The second kappa shape index (κ2) is 26.7. The van der Waals surface area contributed by atoms with E-state index >= 15 is 0 Å². The van der Waals surface area contributed by atoms with Crippen molar-refractivity contribution in [3.8, 4) is 11.5 Å². The van der Waals surface area contributed by atoms with E-state index in [9.17, 15) is 19.2 Å². The van der Waals surface area contributed by atoms with Gasteiger partial charge in [-0.3, -0.25) is 35.2 Å². The number of primary amides is 1. The third kappa shape index (κ3) is 18.3. The van der Waals surface area contributed by atoms with Gasteiger partial charge in [0.15, 0.2) is 11.5 Å². The molecular weight excluding hydrogens is 847 g/mol. The highest BCUT2D eigenvalue weighted by atomic mass is 17.1. The summed E-state index contributed by atoms with van der Waals surface area (Å²) in [6.07, 6.45) is 0.335. The quantitative estimate of drug-likeness (QED) is 0.0252. The van der Waals surface area contributed by atoms with E-state index in [2.05, 4.69) is 29.3 Å². The zero-order chi connectivity index (χ0) is 48.3. The van der Waals surface area contributed by atoms with E-state index in [-0.39, 0.29) is 61.5 Å². The van der Waals surface area contributed by atoms with Gasteiger partial charge < -0.3 is 35.3 Å². The highest BCUT2D eigenvalue weighted by Gasteiger charge is 2.37. The van der Waals surface area contributed by atoms with Gasteiger partial charge >= 0.3 is 5.97 Å². The van der Waals surface area contributed by atoms with Gasteiger partial charge in [0.25, 0.3) is 5.91 Å². The van der Waals surface area contributed by atoms with Crippen LogP contribution in [0.4, 0.5) is 0 Å². The lowest BCUT2D eigenvalue weighted by Crippen LogP contribution is -2.50. The molecule has 65 heavy (non-hydrogen) atoms. The number of carbonyl (C=O) groups excluding carboxylic acids is 4. The summed E-state index contributed by atoms with van der Waals surface area (Å²) in [6, 6.07) is 17.1. The molecule has 0 aromatic heterocycles. The Morgan fingerprint density at radius 1 is 0.738 bits per heavy atom. The number of carbonyl (C=O) groups is 4. The van der Waals surface area contributed by atoms with Crippen molar-refractivity contribution in [2.24, 2.45) is 34.8 Å². The van der Waals surface area contributed by atoms with Gasteiger partial charge in [-0.25, -0.2) is 14.5 Å². The third-order valence-electron chi connectivity index (χ3n) is 11.1. The fraction of sp³-hybridized carbons (Fsp3) is 0.522. The molecule has 0 saturated carbocycles. The molecule has 19 heteroatoms. The molecule has 360 valence electrons. The van der Waals surface area contributed by atoms with Gasteiger partial charge in [-0.05, 0) is 104 Å². The third-order valence-corrected chi connectivity index (χ3v) is 11.1. The summed E-state index contributed by atoms with van der Waals surface area (Å²) in [4.78, 5) is 64.0. The molecule has 0 heterocycles. The summed E-state index contributed by atoms with van der Waals surface area (Å²) in [5.74, 6) is -2.31. The number of nitrogens with two attached hydrogens (primary N) is 1. The molecule has 3 aromatic carbocycles. The highest BCUT2D eigenvalue weighted by Crippen LogP contribution is 2.33. The average molecular weight is 914 g/mol. The van der Waals surface area contributed by atoms with E-state index in [1.165, 1.54) is 12.1 Å². The van der Waals surface area contributed by atoms with Crippen molar-refractivity contribution in [2.45, 2.75) is 92.6 Å². The maximum absolute atomic E-state index is 14.3. The van der Waals surface area contributed by atoms with Crippen molar-refractivity contribution in [1.82, 2.24) is 21.4 Å². The average Bonchev–Trinajstić information content (AvgIpc) is 3.26. The van der Waals surface area contributed by atoms with Crippen LogP contribution in [0.3, 0.4) is 0 Å². The van der Waals surface area contributed by atoms with Crippen molar-refractivity contribution in [3.05, 3.63) is 94.5 Å². The molecule has 4 unspecified atom stereocenters. The minimum atomic E-state index is -1.10. The summed E-state index contributed by atoms with van der Waals surface area (Å²) >= 11 is 0. The number of methoxy groups -OCH3 is 2. The predicted octanol–water partition coefficient (Wildman–Crippen LogP) is 5.65. The van der Waals surface area contributed by atoms with E-state index in [0.29, 0.717) is 48.7 Å². The Morgan fingerprint density at radius 3 is 1.82 bits per heavy atom. The lowest BCUT2D eigenvalue weighted by Gasteiger charge is -2.35. The Morgan fingerprint density at radius 2 is 1.31 bits per heavy atom. The first-order valence-electron chi connectivity index (χ1n) is 21.4. The molecule has 3 aromatic rings. The second-order valence-corrected chi connectivity index (χ2v) is 17.1. The van der Waals surface area contributed by atoms with Crippen LogP contribution in [0.1, 0.15) is 98.2 Å². The predicted molar refractivity (Wildman–Crippen MR) is 234 cm³/mol. The summed E-state index contributed by atoms with van der Waals surface area (Å²) in [5.41, 5.74) is 6.91. The van der Waals surface area contributed by atoms with Gasteiger partial charge in [0, 0.05) is 38.2 Å². The van der Waals surface area contributed by atoms with Crippen LogP contribution >= 0.6 is 0 Å². The van der Waals surface area contributed by atoms with Crippen molar-refractivity contribution >= 4 is 23.7 Å². The molecule has 3 amide bonds. The molecule has 19 nitrogen and oxygen atoms in total. The number of ether oxygens (including phenoxy) is 4. The monoisotopic (exact) mass is 913 g/mol. The standard InChI is InChI=1S/C46H67N5O14/c1-29(2)36(22-33-14-19-39(61-8)41(23-33)62-21-9-20-60-7)24-38(49-42(52)34-15-10-31(11-16-34)26-63-50(56)57)40(25-37(30(3)4)43(53)48-28-46(5,6)45(47)55)65-44(54)35-17-12-32(13-18-35)27-64-51(58)59/h10-19,23,29-30,36-38,40,56-59H,9,20-22,24-28H2,1-8H3,(H2,47,55)(H,48,53)(H,49,52). The summed E-state index contributed by atoms with van der Waals surface area (Å²) in [5, 5.41) is 41.1. The van der Waals surface area contributed by atoms with E-state index < -0.39 is 57.9 Å². The molecule has 0 bridgehead atoms. The lowest BCUT2D eigenvalue weighted by atomic mass is 9.80. The molecule has 0 aliphatic carbocycles. The smallest absolute Gasteiger partial charge is 0.338 e. The Bertz CT molecular complexity index is 1940. The number of amides is 3. The first kappa shape index (κ1) is 54.1. The van der Waals surface area contributed by atoms with Crippen LogP contribution in [0, 0.1) is 29.1 Å². The van der Waals surface area contributed by atoms with Crippen molar-refractivity contribution in [1.29, 1.82) is 0 Å². The number of rotatable bonds is 29. The fourth-order valence-corrected chi connectivity index (χ4v) is 6.83. The van der Waals surface area contributed by atoms with Crippen LogP contribution in [0.2, 0.25) is 0 Å². The van der Waals surface area contributed by atoms with E-state index in [1.54, 1.807) is 64.5 Å². The molecule has 8 N–H and O–H groups in total. The summed E-state index contributed by atoms with van der Waals surface area (Å²) < 4.78 is 23.2. The van der Waals surface area contributed by atoms with Crippen molar-refractivity contribution < 1.29 is 68.6 Å². The number of nitrogens with zero attached hydrogens (tertiary/aromatic N) is 2. The Kier molecular flexibility index (Phi) is 22.2. The van der Waals surface area contributed by atoms with Crippen LogP contribution in [0.15, 0.2) is 66.7 Å². The SMILES string of the molecule is COCCCOc1cc(CC(CC(NC(=O)c2ccc(CON(O)O)cc2)C(CC(C(=O)NCC(C)(C)C(N)=O)C(C)C)OC(=O)c2ccc(CON(O)O)cc2)C(C)C)ccc1OC. The molecule has 0 aliphatic rings. The minimum Gasteiger partial charge on any atom is -0.493 e. The number of nitrogens with one attached hydrogen (secondary N) is 2. The van der Waals surface area contributed by atoms with Crippen LogP contribution in [-0.4, -0.2) is 101 Å². The zero-order valence-corrected chi connectivity index (χ0v) is 38.5. The second-order valence-electron chi connectivity index (χ2n) is 17.1. The number of benzene rings is 3. The van der Waals surface area contributed by atoms with Crippen molar-refractivity contribution in [3.63, 3.8) is 0 Å². The number of hydrogen-bond donors (Lipinski definition) is 7. The van der Waals surface area contributed by atoms with Crippen LogP contribution in [0.5, 0.6) is 11.5 Å².